The molecule has 1 aromatic carbocycles. The Morgan fingerprint density at radius 3 is 2.30 bits per heavy atom. The highest BCUT2D eigenvalue weighted by Crippen LogP contribution is 2.16. The zero-order chi connectivity index (χ0) is 14.9. The predicted octanol–water partition coefficient (Wildman–Crippen LogP) is 2.62. The van der Waals surface area contributed by atoms with Gasteiger partial charge in [0.15, 0.2) is 0 Å². The number of anilines is 1. The van der Waals surface area contributed by atoms with Crippen molar-refractivity contribution in [3.63, 3.8) is 0 Å². The van der Waals surface area contributed by atoms with Crippen LogP contribution in [0.2, 0.25) is 0 Å². The van der Waals surface area contributed by atoms with Gasteiger partial charge in [0.1, 0.15) is 0 Å². The van der Waals surface area contributed by atoms with E-state index in [0.717, 1.165) is 4.47 Å². The van der Waals surface area contributed by atoms with Crippen molar-refractivity contribution >= 4 is 33.3 Å². The molecule has 0 saturated heterocycles. The maximum absolute atomic E-state index is 12.2. The van der Waals surface area contributed by atoms with E-state index in [-0.39, 0.29) is 0 Å². The maximum atomic E-state index is 12.2. The number of nitrogens with zero attached hydrogens (tertiary/aromatic N) is 2. The van der Waals surface area contributed by atoms with Crippen LogP contribution in [0.15, 0.2) is 28.7 Å². The third-order valence-electron chi connectivity index (χ3n) is 3.04. The third kappa shape index (κ3) is 2.80. The van der Waals surface area contributed by atoms with Crippen LogP contribution in [0, 0.1) is 13.8 Å². The number of halogens is 1. The normalized spacial score (nSPS) is 10.4. The largest absolute Gasteiger partial charge is 0.319 e. The Kier molecular flexibility index (Phi) is 4.04. The molecule has 0 bridgehead atoms. The van der Waals surface area contributed by atoms with Crippen molar-refractivity contribution in [2.75, 3.05) is 5.32 Å². The third-order valence-corrected chi connectivity index (χ3v) is 3.57. The predicted molar refractivity (Wildman–Crippen MR) is 79.8 cm³/mol. The second kappa shape index (κ2) is 5.58. The average molecular weight is 336 g/mol. The first-order chi connectivity index (χ1) is 9.40. The summed E-state index contributed by atoms with van der Waals surface area (Å²) in [5.74, 6) is -1.23. The van der Waals surface area contributed by atoms with Gasteiger partial charge in [-0.15, -0.1) is 0 Å². The summed E-state index contributed by atoms with van der Waals surface area (Å²) >= 11 is 3.31. The molecule has 2 aromatic rings. The van der Waals surface area contributed by atoms with Crippen molar-refractivity contribution in [1.29, 1.82) is 0 Å². The number of amides is 1. The van der Waals surface area contributed by atoms with Crippen LogP contribution < -0.4 is 5.32 Å². The minimum atomic E-state index is -0.661. The topological polar surface area (TPSA) is 64.0 Å². The molecule has 0 fully saturated rings. The second-order valence-corrected chi connectivity index (χ2v) is 5.38. The Bertz CT molecular complexity index is 674. The number of Topliss-reactive ketones (excluding diaryl/α,β-unsaturated/α-hetero) is 1. The summed E-state index contributed by atoms with van der Waals surface area (Å²) < 4.78 is 2.50. The number of benzene rings is 1. The molecule has 1 aromatic heterocycles. The Balaban J connectivity index is 2.21. The van der Waals surface area contributed by atoms with Crippen LogP contribution in [0.1, 0.15) is 21.7 Å². The molecule has 5 nitrogen and oxygen atoms in total. The van der Waals surface area contributed by atoms with Crippen LogP contribution in [0.5, 0.6) is 0 Å². The standard InChI is InChI=1S/C14H14BrN3O2/c1-8-12(9(2)18(3)17-8)13(19)14(20)16-11-6-4-10(15)5-7-11/h4-7H,1-3H3,(H,16,20). The van der Waals surface area contributed by atoms with E-state index in [1.807, 2.05) is 0 Å². The molecule has 0 aliphatic rings. The fourth-order valence-corrected chi connectivity index (χ4v) is 2.20. The van der Waals surface area contributed by atoms with Gasteiger partial charge in [0.2, 0.25) is 0 Å². The lowest BCUT2D eigenvalue weighted by molar-refractivity contribution is -0.112. The van der Waals surface area contributed by atoms with Crippen molar-refractivity contribution in [3.05, 3.63) is 45.7 Å². The number of hydrogen-bond acceptors (Lipinski definition) is 3. The number of rotatable bonds is 3. The van der Waals surface area contributed by atoms with Crippen molar-refractivity contribution in [2.45, 2.75) is 13.8 Å². The number of hydrogen-bond donors (Lipinski definition) is 1. The lowest BCUT2D eigenvalue weighted by Crippen LogP contribution is -2.24. The molecule has 1 amide bonds. The molecule has 0 aliphatic carbocycles. The van der Waals surface area contributed by atoms with Crippen LogP contribution in [0.4, 0.5) is 5.69 Å². The molecule has 20 heavy (non-hydrogen) atoms. The monoisotopic (exact) mass is 335 g/mol. The van der Waals surface area contributed by atoms with E-state index in [9.17, 15) is 9.59 Å². The van der Waals surface area contributed by atoms with Crippen molar-refractivity contribution in [1.82, 2.24) is 9.78 Å². The van der Waals surface area contributed by atoms with Crippen molar-refractivity contribution < 1.29 is 9.59 Å². The van der Waals surface area contributed by atoms with Gasteiger partial charge >= 0.3 is 0 Å². The van der Waals surface area contributed by atoms with E-state index < -0.39 is 11.7 Å². The molecule has 0 aliphatic heterocycles. The zero-order valence-corrected chi connectivity index (χ0v) is 13.0. The van der Waals surface area contributed by atoms with Gasteiger partial charge in [-0.3, -0.25) is 14.3 Å². The summed E-state index contributed by atoms with van der Waals surface area (Å²) in [6, 6.07) is 7.03. The number of ketones is 1. The Hall–Kier alpha value is -1.95. The van der Waals surface area contributed by atoms with E-state index in [0.29, 0.717) is 22.6 Å². The molecule has 1 N–H and O–H groups in total. The molecular weight excluding hydrogens is 322 g/mol. The quantitative estimate of drug-likeness (QED) is 0.692. The molecule has 0 atom stereocenters. The Morgan fingerprint density at radius 2 is 1.80 bits per heavy atom. The second-order valence-electron chi connectivity index (χ2n) is 4.46. The molecule has 2 rings (SSSR count). The summed E-state index contributed by atoms with van der Waals surface area (Å²) in [7, 11) is 1.74. The fourth-order valence-electron chi connectivity index (χ4n) is 1.94. The number of nitrogens with one attached hydrogen (secondary N) is 1. The highest BCUT2D eigenvalue weighted by molar-refractivity contribution is 9.10. The van der Waals surface area contributed by atoms with E-state index in [1.54, 1.807) is 49.8 Å². The molecular formula is C14H14BrN3O2. The van der Waals surface area contributed by atoms with Gasteiger partial charge in [0.05, 0.1) is 11.3 Å². The lowest BCUT2D eigenvalue weighted by Gasteiger charge is -2.05. The van der Waals surface area contributed by atoms with E-state index in [2.05, 4.69) is 26.3 Å². The molecule has 104 valence electrons. The van der Waals surface area contributed by atoms with Crippen molar-refractivity contribution in [2.24, 2.45) is 7.05 Å². The first kappa shape index (κ1) is 14.5. The summed E-state index contributed by atoms with van der Waals surface area (Å²) in [4.78, 5) is 24.2. The van der Waals surface area contributed by atoms with Crippen LogP contribution in [0.25, 0.3) is 0 Å². The molecule has 0 saturated carbocycles. The van der Waals surface area contributed by atoms with Crippen LogP contribution >= 0.6 is 15.9 Å². The molecule has 0 spiro atoms. The summed E-state index contributed by atoms with van der Waals surface area (Å²) in [5, 5.41) is 6.73. The van der Waals surface area contributed by atoms with E-state index >= 15 is 0 Å². The van der Waals surface area contributed by atoms with Gasteiger partial charge in [0.25, 0.3) is 11.7 Å². The SMILES string of the molecule is Cc1nn(C)c(C)c1C(=O)C(=O)Nc1ccc(Br)cc1. The Morgan fingerprint density at radius 1 is 1.20 bits per heavy atom. The first-order valence-corrected chi connectivity index (χ1v) is 6.81. The fraction of sp³-hybridized carbons (Fsp3) is 0.214. The molecule has 1 heterocycles. The van der Waals surface area contributed by atoms with Gasteiger partial charge in [-0.2, -0.15) is 5.10 Å². The van der Waals surface area contributed by atoms with Gasteiger partial charge in [0, 0.05) is 22.9 Å². The van der Waals surface area contributed by atoms with Gasteiger partial charge in [-0.1, -0.05) is 15.9 Å². The lowest BCUT2D eigenvalue weighted by atomic mass is 10.1. The summed E-state index contributed by atoms with van der Waals surface area (Å²) in [6.07, 6.45) is 0. The molecule has 0 radical (unpaired) electrons. The number of aryl methyl sites for hydroxylation is 2. The number of aromatic nitrogens is 2. The highest BCUT2D eigenvalue weighted by atomic mass is 79.9. The van der Waals surface area contributed by atoms with E-state index in [4.69, 9.17) is 0 Å². The number of carbonyl (C=O) groups excluding carboxylic acids is 2. The minimum absolute atomic E-state index is 0.363. The molecule has 0 unspecified atom stereocenters. The zero-order valence-electron chi connectivity index (χ0n) is 11.4. The van der Waals surface area contributed by atoms with Gasteiger partial charge < -0.3 is 5.32 Å². The van der Waals surface area contributed by atoms with Crippen LogP contribution in [-0.2, 0) is 11.8 Å². The van der Waals surface area contributed by atoms with Crippen LogP contribution in [-0.4, -0.2) is 21.5 Å². The number of carbonyl (C=O) groups is 2. The van der Waals surface area contributed by atoms with Gasteiger partial charge in [-0.05, 0) is 38.1 Å². The minimum Gasteiger partial charge on any atom is -0.319 e. The Labute approximate surface area is 125 Å². The maximum Gasteiger partial charge on any atom is 0.296 e. The van der Waals surface area contributed by atoms with Crippen molar-refractivity contribution in [3.8, 4) is 0 Å². The molecule has 6 heteroatoms. The first-order valence-electron chi connectivity index (χ1n) is 6.01. The van der Waals surface area contributed by atoms with Crippen LogP contribution in [0.3, 0.4) is 0 Å². The average Bonchev–Trinajstić information content (AvgIpc) is 2.65. The smallest absolute Gasteiger partial charge is 0.296 e. The summed E-state index contributed by atoms with van der Waals surface area (Å²) in [5.41, 5.74) is 2.17. The van der Waals surface area contributed by atoms with Gasteiger partial charge in [-0.25, -0.2) is 0 Å². The summed E-state index contributed by atoms with van der Waals surface area (Å²) in [6.45, 7) is 3.48. The van der Waals surface area contributed by atoms with E-state index in [1.165, 1.54) is 0 Å². The highest BCUT2D eigenvalue weighted by Gasteiger charge is 2.23.